The molecule has 2 N–H and O–H groups in total. The van der Waals surface area contributed by atoms with Crippen LogP contribution in [0.25, 0.3) is 11.4 Å². The van der Waals surface area contributed by atoms with E-state index in [0.29, 0.717) is 0 Å². The van der Waals surface area contributed by atoms with Gasteiger partial charge in [-0.15, -0.1) is 10.2 Å². The third kappa shape index (κ3) is 1.85. The molecular formula is C13H15FN4. The monoisotopic (exact) mass is 246 g/mol. The smallest absolute Gasteiger partial charge is 0.164 e. The summed E-state index contributed by atoms with van der Waals surface area (Å²) in [5.41, 5.74) is 6.58. The van der Waals surface area contributed by atoms with Crippen molar-refractivity contribution in [2.24, 2.45) is 0 Å². The van der Waals surface area contributed by atoms with E-state index in [0.717, 1.165) is 43.0 Å². The van der Waals surface area contributed by atoms with Gasteiger partial charge in [-0.2, -0.15) is 0 Å². The van der Waals surface area contributed by atoms with Crippen LogP contribution in [-0.4, -0.2) is 14.8 Å². The fourth-order valence-electron chi connectivity index (χ4n) is 2.38. The van der Waals surface area contributed by atoms with Crippen LogP contribution in [0.2, 0.25) is 0 Å². The van der Waals surface area contributed by atoms with Crippen LogP contribution in [0.4, 0.5) is 10.1 Å². The quantitative estimate of drug-likeness (QED) is 0.786. The van der Waals surface area contributed by atoms with Crippen molar-refractivity contribution in [3.05, 3.63) is 29.8 Å². The molecule has 0 amide bonds. The molecule has 1 aliphatic heterocycles. The van der Waals surface area contributed by atoms with Crippen LogP contribution in [0, 0.1) is 5.82 Å². The van der Waals surface area contributed by atoms with Gasteiger partial charge in [0, 0.05) is 18.5 Å². The van der Waals surface area contributed by atoms with Gasteiger partial charge < -0.3 is 10.3 Å². The minimum atomic E-state index is -0.394. The van der Waals surface area contributed by atoms with Crippen LogP contribution < -0.4 is 5.73 Å². The van der Waals surface area contributed by atoms with Gasteiger partial charge in [0.25, 0.3) is 0 Å². The molecule has 0 saturated heterocycles. The second-order valence-electron chi connectivity index (χ2n) is 4.64. The van der Waals surface area contributed by atoms with Crippen LogP contribution in [0.3, 0.4) is 0 Å². The maximum Gasteiger partial charge on any atom is 0.164 e. The first-order chi connectivity index (χ1) is 8.75. The summed E-state index contributed by atoms with van der Waals surface area (Å²) in [6.07, 6.45) is 4.47. The van der Waals surface area contributed by atoms with Crippen molar-refractivity contribution in [1.29, 1.82) is 0 Å². The van der Waals surface area contributed by atoms with E-state index < -0.39 is 5.82 Å². The summed E-state index contributed by atoms with van der Waals surface area (Å²) in [4.78, 5) is 0. The molecule has 18 heavy (non-hydrogen) atoms. The second kappa shape index (κ2) is 4.40. The molecule has 0 radical (unpaired) electrons. The number of aryl methyl sites for hydroxylation is 1. The Bertz CT molecular complexity index is 576. The highest BCUT2D eigenvalue weighted by molar-refractivity contribution is 5.61. The Labute approximate surface area is 105 Å². The van der Waals surface area contributed by atoms with E-state index in [9.17, 15) is 4.39 Å². The molecule has 0 spiro atoms. The van der Waals surface area contributed by atoms with Crippen molar-refractivity contribution < 1.29 is 4.39 Å². The summed E-state index contributed by atoms with van der Waals surface area (Å²) >= 11 is 0. The van der Waals surface area contributed by atoms with Gasteiger partial charge in [0.2, 0.25) is 0 Å². The van der Waals surface area contributed by atoms with Crippen LogP contribution >= 0.6 is 0 Å². The molecule has 0 atom stereocenters. The maximum absolute atomic E-state index is 13.2. The highest BCUT2D eigenvalue weighted by atomic mass is 19.1. The Morgan fingerprint density at radius 1 is 1.17 bits per heavy atom. The lowest BCUT2D eigenvalue weighted by Crippen LogP contribution is -2.03. The second-order valence-corrected chi connectivity index (χ2v) is 4.64. The fraction of sp³-hybridized carbons (Fsp3) is 0.385. The molecule has 0 saturated carbocycles. The summed E-state index contributed by atoms with van der Waals surface area (Å²) in [6.45, 7) is 0.926. The zero-order chi connectivity index (χ0) is 12.5. The van der Waals surface area contributed by atoms with Crippen LogP contribution in [0.15, 0.2) is 18.2 Å². The third-order valence-corrected chi connectivity index (χ3v) is 3.36. The highest BCUT2D eigenvalue weighted by Gasteiger charge is 2.16. The molecule has 5 heteroatoms. The summed E-state index contributed by atoms with van der Waals surface area (Å²) in [5, 5.41) is 8.44. The molecule has 94 valence electrons. The van der Waals surface area contributed by atoms with Gasteiger partial charge in [-0.25, -0.2) is 4.39 Å². The molecule has 3 rings (SSSR count). The summed E-state index contributed by atoms with van der Waals surface area (Å²) in [6, 6.07) is 4.70. The molecule has 0 unspecified atom stereocenters. The highest BCUT2D eigenvalue weighted by Crippen LogP contribution is 2.25. The summed E-state index contributed by atoms with van der Waals surface area (Å²) in [5.74, 6) is 1.42. The lowest BCUT2D eigenvalue weighted by Gasteiger charge is -2.07. The first-order valence-corrected chi connectivity index (χ1v) is 6.23. The Balaban J connectivity index is 2.06. The number of fused-ring (bicyclic) bond motifs is 1. The van der Waals surface area contributed by atoms with Gasteiger partial charge in [-0.3, -0.25) is 0 Å². The average Bonchev–Trinajstić information content (AvgIpc) is 2.62. The van der Waals surface area contributed by atoms with Crippen LogP contribution in [-0.2, 0) is 13.0 Å². The number of nitrogens with two attached hydrogens (primary N) is 1. The molecule has 0 bridgehead atoms. The number of nitrogen functional groups attached to an aromatic ring is 1. The standard InChI is InChI=1S/C13H15FN4/c14-10-6-5-9(8-11(10)15)13-17-16-12-4-2-1-3-7-18(12)13/h5-6,8H,1-4,7,15H2. The number of anilines is 1. The van der Waals surface area contributed by atoms with E-state index in [-0.39, 0.29) is 5.69 Å². The Morgan fingerprint density at radius 3 is 2.89 bits per heavy atom. The minimum Gasteiger partial charge on any atom is -0.396 e. The van der Waals surface area contributed by atoms with Gasteiger partial charge in [0.05, 0.1) is 5.69 Å². The zero-order valence-corrected chi connectivity index (χ0v) is 10.1. The van der Waals surface area contributed by atoms with Gasteiger partial charge >= 0.3 is 0 Å². The van der Waals surface area contributed by atoms with Crippen molar-refractivity contribution in [2.75, 3.05) is 5.73 Å². The van der Waals surface area contributed by atoms with Gasteiger partial charge in [-0.05, 0) is 31.0 Å². The lowest BCUT2D eigenvalue weighted by atomic mass is 10.2. The molecule has 1 aliphatic rings. The van der Waals surface area contributed by atoms with Crippen molar-refractivity contribution in [1.82, 2.24) is 14.8 Å². The van der Waals surface area contributed by atoms with Gasteiger partial charge in [0.15, 0.2) is 5.82 Å². The maximum atomic E-state index is 13.2. The topological polar surface area (TPSA) is 56.7 Å². The van der Waals surface area contributed by atoms with Crippen molar-refractivity contribution in [3.8, 4) is 11.4 Å². The largest absolute Gasteiger partial charge is 0.396 e. The SMILES string of the molecule is Nc1cc(-c2nnc3n2CCCCC3)ccc1F. The predicted molar refractivity (Wildman–Crippen MR) is 67.4 cm³/mol. The van der Waals surface area contributed by atoms with Gasteiger partial charge in [0.1, 0.15) is 11.6 Å². The van der Waals surface area contributed by atoms with E-state index in [1.165, 1.54) is 12.5 Å². The Morgan fingerprint density at radius 2 is 2.06 bits per heavy atom. The minimum absolute atomic E-state index is 0.151. The predicted octanol–water partition coefficient (Wildman–Crippen LogP) is 2.39. The molecular weight excluding hydrogens is 231 g/mol. The van der Waals surface area contributed by atoms with Crippen molar-refractivity contribution in [3.63, 3.8) is 0 Å². The van der Waals surface area contributed by atoms with Crippen LogP contribution in [0.5, 0.6) is 0 Å². The average molecular weight is 246 g/mol. The number of hydrogen-bond acceptors (Lipinski definition) is 3. The molecule has 4 nitrogen and oxygen atoms in total. The number of halogens is 1. The number of rotatable bonds is 1. The van der Waals surface area contributed by atoms with E-state index in [4.69, 9.17) is 5.73 Å². The number of benzene rings is 1. The third-order valence-electron chi connectivity index (χ3n) is 3.36. The van der Waals surface area contributed by atoms with E-state index >= 15 is 0 Å². The van der Waals surface area contributed by atoms with E-state index in [1.807, 2.05) is 0 Å². The number of aromatic nitrogens is 3. The molecule has 1 aromatic heterocycles. The normalized spacial score (nSPS) is 15.2. The zero-order valence-electron chi connectivity index (χ0n) is 10.1. The molecule has 2 heterocycles. The fourth-order valence-corrected chi connectivity index (χ4v) is 2.38. The Kier molecular flexibility index (Phi) is 2.74. The molecule has 1 aromatic carbocycles. The van der Waals surface area contributed by atoms with E-state index in [2.05, 4.69) is 14.8 Å². The molecule has 2 aromatic rings. The van der Waals surface area contributed by atoms with Crippen molar-refractivity contribution >= 4 is 5.69 Å². The molecule has 0 fully saturated rings. The number of hydrogen-bond donors (Lipinski definition) is 1. The van der Waals surface area contributed by atoms with E-state index in [1.54, 1.807) is 12.1 Å². The summed E-state index contributed by atoms with van der Waals surface area (Å²) < 4.78 is 15.3. The summed E-state index contributed by atoms with van der Waals surface area (Å²) in [7, 11) is 0. The molecule has 0 aliphatic carbocycles. The van der Waals surface area contributed by atoms with Gasteiger partial charge in [-0.1, -0.05) is 6.42 Å². The first-order valence-electron chi connectivity index (χ1n) is 6.23. The first kappa shape index (κ1) is 11.2. The van der Waals surface area contributed by atoms with Crippen molar-refractivity contribution in [2.45, 2.75) is 32.2 Å². The number of nitrogens with zero attached hydrogens (tertiary/aromatic N) is 3. The lowest BCUT2D eigenvalue weighted by molar-refractivity contribution is 0.630. The Hall–Kier alpha value is -1.91. The van der Waals surface area contributed by atoms with Crippen LogP contribution in [0.1, 0.15) is 25.1 Å².